The topological polar surface area (TPSA) is 0 Å². The van der Waals surface area contributed by atoms with E-state index in [1.165, 1.54) is 6.07 Å². The average molecular weight is 202 g/mol. The summed E-state index contributed by atoms with van der Waals surface area (Å²) in [7, 11) is 0. The molecular weight excluding hydrogens is 195 g/mol. The molecular formula is C12H7FS. The van der Waals surface area contributed by atoms with Crippen LogP contribution in [0.3, 0.4) is 0 Å². The van der Waals surface area contributed by atoms with E-state index in [1.807, 2.05) is 22.9 Å². The minimum atomic E-state index is -0.337. The van der Waals surface area contributed by atoms with Gasteiger partial charge in [0.2, 0.25) is 0 Å². The van der Waals surface area contributed by atoms with E-state index in [0.29, 0.717) is 5.56 Å². The van der Waals surface area contributed by atoms with E-state index in [2.05, 4.69) is 5.92 Å². The van der Waals surface area contributed by atoms with Crippen LogP contribution in [-0.2, 0) is 0 Å². The maximum Gasteiger partial charge on any atom is 0.139 e. The molecule has 0 fully saturated rings. The summed E-state index contributed by atoms with van der Waals surface area (Å²) in [5.74, 6) is 1.96. The van der Waals surface area contributed by atoms with Gasteiger partial charge < -0.3 is 0 Å². The molecule has 0 aliphatic heterocycles. The third kappa shape index (κ3) is 1.55. The minimum Gasteiger partial charge on any atom is -0.206 e. The van der Waals surface area contributed by atoms with Crippen molar-refractivity contribution >= 4 is 11.3 Å². The molecule has 2 rings (SSSR count). The molecule has 0 atom stereocenters. The molecule has 0 spiro atoms. The highest BCUT2D eigenvalue weighted by Crippen LogP contribution is 2.23. The molecule has 0 N–H and O–H groups in total. The Morgan fingerprint density at radius 3 is 2.64 bits per heavy atom. The Labute approximate surface area is 86.0 Å². The zero-order valence-electron chi connectivity index (χ0n) is 7.33. The number of hydrogen-bond acceptors (Lipinski definition) is 1. The molecule has 0 radical (unpaired) electrons. The number of rotatable bonds is 1. The molecule has 1 heterocycles. The van der Waals surface area contributed by atoms with E-state index in [4.69, 9.17) is 6.42 Å². The van der Waals surface area contributed by atoms with Gasteiger partial charge in [-0.15, -0.1) is 6.42 Å². The molecule has 0 aliphatic rings. The Balaban J connectivity index is 2.49. The van der Waals surface area contributed by atoms with Crippen molar-refractivity contribution in [2.75, 3.05) is 0 Å². The molecule has 0 bridgehead atoms. The summed E-state index contributed by atoms with van der Waals surface area (Å²) in [5.41, 5.74) is 2.20. The summed E-state index contributed by atoms with van der Waals surface area (Å²) in [5, 5.41) is 3.94. The molecule has 14 heavy (non-hydrogen) atoms. The molecule has 68 valence electrons. The summed E-state index contributed by atoms with van der Waals surface area (Å²) in [6.07, 6.45) is 5.13. The fourth-order valence-electron chi connectivity index (χ4n) is 1.24. The van der Waals surface area contributed by atoms with Gasteiger partial charge in [0.25, 0.3) is 0 Å². The minimum absolute atomic E-state index is 0.309. The first-order valence-electron chi connectivity index (χ1n) is 4.10. The molecule has 0 aliphatic carbocycles. The zero-order valence-corrected chi connectivity index (χ0v) is 8.14. The van der Waals surface area contributed by atoms with Crippen LogP contribution in [0.5, 0.6) is 0 Å². The van der Waals surface area contributed by atoms with Gasteiger partial charge in [0.15, 0.2) is 0 Å². The van der Waals surface area contributed by atoms with Crippen molar-refractivity contribution in [2.24, 2.45) is 0 Å². The summed E-state index contributed by atoms with van der Waals surface area (Å²) in [6, 6.07) is 6.88. The van der Waals surface area contributed by atoms with E-state index in [1.54, 1.807) is 17.4 Å². The van der Waals surface area contributed by atoms with Crippen molar-refractivity contribution in [2.45, 2.75) is 0 Å². The maximum absolute atomic E-state index is 13.3. The van der Waals surface area contributed by atoms with E-state index in [0.717, 1.165) is 11.1 Å². The van der Waals surface area contributed by atoms with Crippen molar-refractivity contribution < 1.29 is 4.39 Å². The molecule has 2 aromatic rings. The quantitative estimate of drug-likeness (QED) is 0.620. The van der Waals surface area contributed by atoms with Crippen LogP contribution in [0.1, 0.15) is 5.56 Å². The smallest absolute Gasteiger partial charge is 0.139 e. The Hall–Kier alpha value is -1.59. The molecule has 0 amide bonds. The van der Waals surface area contributed by atoms with Gasteiger partial charge in [0.1, 0.15) is 5.82 Å². The molecule has 1 aromatic carbocycles. The lowest BCUT2D eigenvalue weighted by Gasteiger charge is -1.99. The first-order valence-corrected chi connectivity index (χ1v) is 5.04. The average Bonchev–Trinajstić information content (AvgIpc) is 2.70. The normalized spacial score (nSPS) is 9.71. The van der Waals surface area contributed by atoms with Crippen molar-refractivity contribution in [3.8, 4) is 23.5 Å². The SMILES string of the molecule is C#Cc1ccc(-c2ccsc2)cc1F. The van der Waals surface area contributed by atoms with E-state index in [9.17, 15) is 4.39 Å². The standard InChI is InChI=1S/C12H7FS/c1-2-9-3-4-10(7-12(9)13)11-5-6-14-8-11/h1,3-8H. The van der Waals surface area contributed by atoms with Crippen LogP contribution in [0.4, 0.5) is 4.39 Å². The Morgan fingerprint density at radius 2 is 2.07 bits per heavy atom. The van der Waals surface area contributed by atoms with Crippen LogP contribution in [0, 0.1) is 18.2 Å². The fraction of sp³-hybridized carbons (Fsp3) is 0. The molecule has 2 heteroatoms. The Bertz CT molecular complexity index is 478. The second-order valence-corrected chi connectivity index (χ2v) is 3.63. The number of halogens is 1. The molecule has 0 unspecified atom stereocenters. The fourth-order valence-corrected chi connectivity index (χ4v) is 1.91. The molecule has 0 saturated heterocycles. The van der Waals surface area contributed by atoms with Gasteiger partial charge in [-0.05, 0) is 40.1 Å². The van der Waals surface area contributed by atoms with Crippen LogP contribution in [0.25, 0.3) is 11.1 Å². The second kappa shape index (κ2) is 3.65. The van der Waals surface area contributed by atoms with E-state index < -0.39 is 0 Å². The van der Waals surface area contributed by atoms with Crippen LogP contribution < -0.4 is 0 Å². The van der Waals surface area contributed by atoms with Crippen molar-refractivity contribution in [3.63, 3.8) is 0 Å². The summed E-state index contributed by atoms with van der Waals surface area (Å²) >= 11 is 1.59. The Kier molecular flexibility index (Phi) is 2.34. The summed E-state index contributed by atoms with van der Waals surface area (Å²) in [6.45, 7) is 0. The summed E-state index contributed by atoms with van der Waals surface area (Å²) < 4.78 is 13.3. The van der Waals surface area contributed by atoms with Crippen LogP contribution >= 0.6 is 11.3 Å². The van der Waals surface area contributed by atoms with Crippen LogP contribution in [-0.4, -0.2) is 0 Å². The van der Waals surface area contributed by atoms with Gasteiger partial charge in [-0.25, -0.2) is 4.39 Å². The van der Waals surface area contributed by atoms with Crippen LogP contribution in [0.15, 0.2) is 35.0 Å². The lowest BCUT2D eigenvalue weighted by atomic mass is 10.1. The van der Waals surface area contributed by atoms with Crippen LogP contribution in [0.2, 0.25) is 0 Å². The third-order valence-corrected chi connectivity index (χ3v) is 2.66. The Morgan fingerprint density at radius 1 is 1.21 bits per heavy atom. The lowest BCUT2D eigenvalue weighted by Crippen LogP contribution is -1.83. The van der Waals surface area contributed by atoms with Gasteiger partial charge in [-0.2, -0.15) is 11.3 Å². The predicted molar refractivity (Wildman–Crippen MR) is 57.6 cm³/mol. The van der Waals surface area contributed by atoms with Crippen molar-refractivity contribution in [1.29, 1.82) is 0 Å². The van der Waals surface area contributed by atoms with Gasteiger partial charge in [0.05, 0.1) is 5.56 Å². The van der Waals surface area contributed by atoms with Gasteiger partial charge in [-0.1, -0.05) is 12.0 Å². The van der Waals surface area contributed by atoms with Gasteiger partial charge in [0, 0.05) is 0 Å². The van der Waals surface area contributed by atoms with E-state index in [-0.39, 0.29) is 5.82 Å². The monoisotopic (exact) mass is 202 g/mol. The largest absolute Gasteiger partial charge is 0.206 e. The van der Waals surface area contributed by atoms with Gasteiger partial charge >= 0.3 is 0 Å². The first kappa shape index (κ1) is 8.98. The van der Waals surface area contributed by atoms with Crippen molar-refractivity contribution in [1.82, 2.24) is 0 Å². The number of benzene rings is 1. The summed E-state index contributed by atoms with van der Waals surface area (Å²) in [4.78, 5) is 0. The highest BCUT2D eigenvalue weighted by atomic mass is 32.1. The highest BCUT2D eigenvalue weighted by molar-refractivity contribution is 7.08. The highest BCUT2D eigenvalue weighted by Gasteiger charge is 2.02. The number of hydrogen-bond donors (Lipinski definition) is 0. The third-order valence-electron chi connectivity index (χ3n) is 1.98. The lowest BCUT2D eigenvalue weighted by molar-refractivity contribution is 0.625. The maximum atomic E-state index is 13.3. The molecule has 0 nitrogen and oxygen atoms in total. The number of terminal acetylenes is 1. The molecule has 1 aromatic heterocycles. The zero-order chi connectivity index (χ0) is 9.97. The van der Waals surface area contributed by atoms with Gasteiger partial charge in [-0.3, -0.25) is 0 Å². The first-order chi connectivity index (χ1) is 6.81. The van der Waals surface area contributed by atoms with E-state index >= 15 is 0 Å². The van der Waals surface area contributed by atoms with Crippen molar-refractivity contribution in [3.05, 3.63) is 46.4 Å². The predicted octanol–water partition coefficient (Wildman–Crippen LogP) is 3.54. The molecule has 0 saturated carbocycles. The number of thiophene rings is 1. The second-order valence-electron chi connectivity index (χ2n) is 2.85.